The predicted molar refractivity (Wildman–Crippen MR) is 105 cm³/mol. The number of hydrogen-bond donors (Lipinski definition) is 1. The fourth-order valence-corrected chi connectivity index (χ4v) is 3.85. The Hall–Kier alpha value is -0.570. The van der Waals surface area contributed by atoms with Crippen molar-refractivity contribution in [1.82, 2.24) is 0 Å². The topological polar surface area (TPSA) is 46.5 Å². The molecule has 0 bridgehead atoms. The average Bonchev–Trinajstić information content (AvgIpc) is 2.59. The van der Waals surface area contributed by atoms with Crippen molar-refractivity contribution >= 4 is 5.97 Å². The van der Waals surface area contributed by atoms with Crippen molar-refractivity contribution in [3.8, 4) is 0 Å². The van der Waals surface area contributed by atoms with Gasteiger partial charge < -0.3 is 9.84 Å². The van der Waals surface area contributed by atoms with Crippen LogP contribution in [0.1, 0.15) is 117 Å². The highest BCUT2D eigenvalue weighted by molar-refractivity contribution is 5.74. The van der Waals surface area contributed by atoms with Gasteiger partial charge >= 0.3 is 5.97 Å². The van der Waals surface area contributed by atoms with Crippen LogP contribution in [-0.4, -0.2) is 23.3 Å². The maximum Gasteiger partial charge on any atom is 0.311 e. The van der Waals surface area contributed by atoms with Gasteiger partial charge in [0.1, 0.15) is 6.10 Å². The number of hydrogen-bond acceptors (Lipinski definition) is 3. The largest absolute Gasteiger partial charge is 0.462 e. The van der Waals surface area contributed by atoms with Gasteiger partial charge in [-0.15, -0.1) is 0 Å². The summed E-state index contributed by atoms with van der Waals surface area (Å²) in [4.78, 5) is 12.2. The molecule has 3 atom stereocenters. The molecule has 3 nitrogen and oxygen atoms in total. The second kappa shape index (κ2) is 14.6. The first kappa shape index (κ1) is 22.5. The number of esters is 1. The second-order valence-corrected chi connectivity index (χ2v) is 7.93. The Bertz CT molecular complexity index is 329. The lowest BCUT2D eigenvalue weighted by Crippen LogP contribution is -2.41. The molecule has 25 heavy (non-hydrogen) atoms. The highest BCUT2D eigenvalue weighted by Crippen LogP contribution is 2.28. The molecule has 1 heterocycles. The average molecular weight is 355 g/mol. The summed E-state index contributed by atoms with van der Waals surface area (Å²) in [6.45, 7) is 4.43. The molecule has 0 radical (unpaired) electrons. The zero-order valence-electron chi connectivity index (χ0n) is 16.8. The molecule has 0 amide bonds. The van der Waals surface area contributed by atoms with Crippen molar-refractivity contribution in [2.24, 2.45) is 5.92 Å². The molecule has 1 fully saturated rings. The van der Waals surface area contributed by atoms with E-state index in [1.807, 2.05) is 0 Å². The van der Waals surface area contributed by atoms with Gasteiger partial charge in [0.2, 0.25) is 0 Å². The van der Waals surface area contributed by atoms with Gasteiger partial charge in [-0.25, -0.2) is 0 Å². The molecule has 0 aliphatic carbocycles. The Morgan fingerprint density at radius 1 is 0.800 bits per heavy atom. The van der Waals surface area contributed by atoms with Gasteiger partial charge in [0.15, 0.2) is 0 Å². The summed E-state index contributed by atoms with van der Waals surface area (Å²) in [7, 11) is 0. The number of carbonyl (C=O) groups excluding carboxylic acids is 1. The summed E-state index contributed by atoms with van der Waals surface area (Å²) in [5.74, 6) is -0.438. The van der Waals surface area contributed by atoms with E-state index < -0.39 is 6.10 Å². The number of aliphatic hydroxyl groups excluding tert-OH is 1. The first-order valence-corrected chi connectivity index (χ1v) is 11.1. The Morgan fingerprint density at radius 2 is 1.28 bits per heavy atom. The van der Waals surface area contributed by atoms with Crippen LogP contribution < -0.4 is 0 Å². The molecular formula is C22H42O3. The monoisotopic (exact) mass is 354 g/mol. The number of aliphatic hydroxyl groups is 1. The molecule has 0 saturated carbocycles. The summed E-state index contributed by atoms with van der Waals surface area (Å²) < 4.78 is 5.60. The maximum absolute atomic E-state index is 12.2. The summed E-state index contributed by atoms with van der Waals surface area (Å²) >= 11 is 0. The van der Waals surface area contributed by atoms with Gasteiger partial charge in [-0.2, -0.15) is 0 Å². The minimum absolute atomic E-state index is 0.0565. The second-order valence-electron chi connectivity index (χ2n) is 7.93. The fraction of sp³-hybridized carbons (Fsp3) is 0.955. The van der Waals surface area contributed by atoms with E-state index in [0.717, 1.165) is 32.1 Å². The van der Waals surface area contributed by atoms with Crippen LogP contribution in [0.4, 0.5) is 0 Å². The quantitative estimate of drug-likeness (QED) is 0.282. The van der Waals surface area contributed by atoms with Crippen molar-refractivity contribution in [1.29, 1.82) is 0 Å². The Morgan fingerprint density at radius 3 is 1.84 bits per heavy atom. The molecule has 1 saturated heterocycles. The van der Waals surface area contributed by atoms with Gasteiger partial charge in [-0.1, -0.05) is 90.9 Å². The number of ether oxygens (including phenoxy) is 1. The summed E-state index contributed by atoms with van der Waals surface area (Å²) in [6.07, 6.45) is 18.1. The highest BCUT2D eigenvalue weighted by atomic mass is 16.5. The van der Waals surface area contributed by atoms with Gasteiger partial charge in [-0.3, -0.25) is 4.79 Å². The Labute approximate surface area is 155 Å². The van der Waals surface area contributed by atoms with E-state index in [0.29, 0.717) is 6.42 Å². The number of cyclic esters (lactones) is 1. The Balaban J connectivity index is 2.06. The molecule has 1 rings (SSSR count). The van der Waals surface area contributed by atoms with Crippen LogP contribution in [-0.2, 0) is 9.53 Å². The SMILES string of the molecule is CCCCCCCCCCC[C@@H]1C[C@@H](O)[C@H](CCCCCC)C(=O)O1. The van der Waals surface area contributed by atoms with Gasteiger partial charge in [0, 0.05) is 6.42 Å². The van der Waals surface area contributed by atoms with Crippen molar-refractivity contribution in [3.05, 3.63) is 0 Å². The predicted octanol–water partition coefficient (Wildman–Crippen LogP) is 6.17. The molecule has 0 aromatic rings. The normalized spacial score (nSPS) is 23.6. The van der Waals surface area contributed by atoms with Gasteiger partial charge in [-0.05, 0) is 19.3 Å². The standard InChI is InChI=1S/C22H42O3/c1-3-5-7-9-10-11-12-13-14-16-19-18-21(23)20(22(24)25-19)17-15-8-6-4-2/h19-21,23H,3-18H2,1-2H3/t19-,20+,21-/m1/s1. The van der Waals surface area contributed by atoms with E-state index >= 15 is 0 Å². The first-order chi connectivity index (χ1) is 12.2. The summed E-state index contributed by atoms with van der Waals surface area (Å²) in [6, 6.07) is 0. The third-order valence-corrected chi connectivity index (χ3v) is 5.55. The molecular weight excluding hydrogens is 312 g/mol. The molecule has 1 aliphatic heterocycles. The molecule has 1 N–H and O–H groups in total. The lowest BCUT2D eigenvalue weighted by molar-refractivity contribution is -0.170. The minimum Gasteiger partial charge on any atom is -0.462 e. The van der Waals surface area contributed by atoms with E-state index in [1.54, 1.807) is 0 Å². The van der Waals surface area contributed by atoms with Crippen LogP contribution in [0, 0.1) is 5.92 Å². The zero-order valence-corrected chi connectivity index (χ0v) is 16.8. The van der Waals surface area contributed by atoms with Crippen molar-refractivity contribution in [3.63, 3.8) is 0 Å². The number of carbonyl (C=O) groups is 1. The van der Waals surface area contributed by atoms with Crippen molar-refractivity contribution < 1.29 is 14.6 Å². The number of unbranched alkanes of at least 4 members (excludes halogenated alkanes) is 11. The van der Waals surface area contributed by atoms with E-state index in [4.69, 9.17) is 4.74 Å². The van der Waals surface area contributed by atoms with E-state index in [9.17, 15) is 9.90 Å². The van der Waals surface area contributed by atoms with E-state index in [-0.39, 0.29) is 18.0 Å². The highest BCUT2D eigenvalue weighted by Gasteiger charge is 2.36. The van der Waals surface area contributed by atoms with Gasteiger partial charge in [0.25, 0.3) is 0 Å². The smallest absolute Gasteiger partial charge is 0.311 e. The van der Waals surface area contributed by atoms with Crippen LogP contribution in [0.25, 0.3) is 0 Å². The lowest BCUT2D eigenvalue weighted by Gasteiger charge is -2.32. The molecule has 0 aromatic carbocycles. The molecule has 1 aliphatic rings. The van der Waals surface area contributed by atoms with Gasteiger partial charge in [0.05, 0.1) is 12.0 Å². The molecule has 148 valence electrons. The van der Waals surface area contributed by atoms with Crippen LogP contribution in [0.3, 0.4) is 0 Å². The minimum atomic E-state index is -0.494. The van der Waals surface area contributed by atoms with Crippen LogP contribution in [0.5, 0.6) is 0 Å². The maximum atomic E-state index is 12.2. The molecule has 0 unspecified atom stereocenters. The van der Waals surface area contributed by atoms with E-state index in [1.165, 1.54) is 64.2 Å². The van der Waals surface area contributed by atoms with Crippen LogP contribution in [0.2, 0.25) is 0 Å². The molecule has 0 spiro atoms. The summed E-state index contributed by atoms with van der Waals surface area (Å²) in [5, 5.41) is 10.3. The molecule has 3 heteroatoms. The van der Waals surface area contributed by atoms with Crippen molar-refractivity contribution in [2.45, 2.75) is 129 Å². The van der Waals surface area contributed by atoms with Crippen LogP contribution >= 0.6 is 0 Å². The molecule has 0 aromatic heterocycles. The third-order valence-electron chi connectivity index (χ3n) is 5.55. The summed E-state index contributed by atoms with van der Waals surface area (Å²) in [5.41, 5.74) is 0. The lowest BCUT2D eigenvalue weighted by atomic mass is 9.88. The van der Waals surface area contributed by atoms with E-state index in [2.05, 4.69) is 13.8 Å². The zero-order chi connectivity index (χ0) is 18.3. The van der Waals surface area contributed by atoms with Crippen LogP contribution in [0.15, 0.2) is 0 Å². The number of rotatable bonds is 15. The third kappa shape index (κ3) is 10.2. The van der Waals surface area contributed by atoms with Crippen molar-refractivity contribution in [2.75, 3.05) is 0 Å². The first-order valence-electron chi connectivity index (χ1n) is 11.1. The Kier molecular flexibility index (Phi) is 13.1. The fourth-order valence-electron chi connectivity index (χ4n) is 3.85.